The molecule has 1 fully saturated rings. The smallest absolute Gasteiger partial charge is 0.0512 e. The van der Waals surface area contributed by atoms with E-state index in [2.05, 4.69) is 24.1 Å². The van der Waals surface area contributed by atoms with E-state index in [-0.39, 0.29) is 6.10 Å². The van der Waals surface area contributed by atoms with E-state index < -0.39 is 0 Å². The second-order valence-electron chi connectivity index (χ2n) is 5.53. The highest BCUT2D eigenvalue weighted by Crippen LogP contribution is 2.19. The minimum absolute atomic E-state index is 0.155. The molecule has 1 aliphatic heterocycles. The highest BCUT2D eigenvalue weighted by Gasteiger charge is 2.23. The standard InChI is InChI=1S/C14H30N2O/c1-4-16-10-6-8-14(11-16)13(3)15-9-5-7-12(2)17/h12-15,17H,4-11H2,1-3H3. The Morgan fingerprint density at radius 1 is 1.41 bits per heavy atom. The maximum absolute atomic E-state index is 9.20. The van der Waals surface area contributed by atoms with Crippen molar-refractivity contribution in [2.75, 3.05) is 26.2 Å². The summed E-state index contributed by atoms with van der Waals surface area (Å²) in [6.07, 6.45) is 4.54. The van der Waals surface area contributed by atoms with E-state index in [0.717, 1.165) is 25.3 Å². The number of nitrogens with zero attached hydrogens (tertiary/aromatic N) is 1. The predicted molar refractivity (Wildman–Crippen MR) is 73.2 cm³/mol. The monoisotopic (exact) mass is 242 g/mol. The molecule has 3 unspecified atom stereocenters. The van der Waals surface area contributed by atoms with Crippen LogP contribution >= 0.6 is 0 Å². The lowest BCUT2D eigenvalue weighted by Gasteiger charge is -2.35. The third-order valence-corrected chi connectivity index (χ3v) is 3.96. The van der Waals surface area contributed by atoms with Gasteiger partial charge in [0.25, 0.3) is 0 Å². The van der Waals surface area contributed by atoms with E-state index in [0.29, 0.717) is 6.04 Å². The Bertz CT molecular complexity index is 197. The van der Waals surface area contributed by atoms with Gasteiger partial charge in [0.15, 0.2) is 0 Å². The van der Waals surface area contributed by atoms with Crippen LogP contribution in [0.1, 0.15) is 46.5 Å². The van der Waals surface area contributed by atoms with Crippen molar-refractivity contribution in [3.8, 4) is 0 Å². The lowest BCUT2D eigenvalue weighted by atomic mass is 9.91. The highest BCUT2D eigenvalue weighted by molar-refractivity contribution is 4.79. The normalized spacial score (nSPS) is 25.8. The zero-order chi connectivity index (χ0) is 12.7. The van der Waals surface area contributed by atoms with Crippen molar-refractivity contribution in [1.29, 1.82) is 0 Å². The Labute approximate surface area is 107 Å². The third-order valence-electron chi connectivity index (χ3n) is 3.96. The number of likely N-dealkylation sites (tertiary alicyclic amines) is 1. The summed E-state index contributed by atoms with van der Waals surface area (Å²) in [5.41, 5.74) is 0. The number of aliphatic hydroxyl groups excluding tert-OH is 1. The van der Waals surface area contributed by atoms with Crippen LogP contribution < -0.4 is 5.32 Å². The Balaban J connectivity index is 2.15. The van der Waals surface area contributed by atoms with Crippen LogP contribution in [0.15, 0.2) is 0 Å². The fourth-order valence-electron chi connectivity index (χ4n) is 2.68. The summed E-state index contributed by atoms with van der Waals surface area (Å²) in [5.74, 6) is 0.801. The van der Waals surface area contributed by atoms with Crippen molar-refractivity contribution in [2.45, 2.75) is 58.6 Å². The van der Waals surface area contributed by atoms with Crippen molar-refractivity contribution in [3.05, 3.63) is 0 Å². The van der Waals surface area contributed by atoms with Crippen molar-refractivity contribution in [1.82, 2.24) is 10.2 Å². The molecule has 0 aromatic heterocycles. The van der Waals surface area contributed by atoms with Crippen molar-refractivity contribution in [3.63, 3.8) is 0 Å². The molecule has 3 atom stereocenters. The van der Waals surface area contributed by atoms with Crippen molar-refractivity contribution in [2.24, 2.45) is 5.92 Å². The molecule has 0 bridgehead atoms. The fourth-order valence-corrected chi connectivity index (χ4v) is 2.68. The molecule has 17 heavy (non-hydrogen) atoms. The molecule has 3 nitrogen and oxygen atoms in total. The molecule has 0 aliphatic carbocycles. The lowest BCUT2D eigenvalue weighted by molar-refractivity contribution is 0.154. The van der Waals surface area contributed by atoms with Gasteiger partial charge in [-0.15, -0.1) is 0 Å². The summed E-state index contributed by atoms with van der Waals surface area (Å²) in [5, 5.41) is 12.8. The Kier molecular flexibility index (Phi) is 7.09. The van der Waals surface area contributed by atoms with Gasteiger partial charge in [-0.05, 0) is 65.1 Å². The zero-order valence-corrected chi connectivity index (χ0v) is 11.8. The van der Waals surface area contributed by atoms with Crippen LogP contribution in [0.5, 0.6) is 0 Å². The predicted octanol–water partition coefficient (Wildman–Crippen LogP) is 1.86. The van der Waals surface area contributed by atoms with E-state index in [1.807, 2.05) is 6.92 Å². The zero-order valence-electron chi connectivity index (χ0n) is 11.8. The van der Waals surface area contributed by atoms with Gasteiger partial charge in [0.1, 0.15) is 0 Å². The van der Waals surface area contributed by atoms with Gasteiger partial charge in [-0.25, -0.2) is 0 Å². The third kappa shape index (κ3) is 5.84. The number of hydrogen-bond acceptors (Lipinski definition) is 3. The van der Waals surface area contributed by atoms with Crippen LogP contribution in [0.2, 0.25) is 0 Å². The summed E-state index contributed by atoms with van der Waals surface area (Å²) in [6.45, 7) is 11.2. The van der Waals surface area contributed by atoms with Crippen LogP contribution in [0, 0.1) is 5.92 Å². The van der Waals surface area contributed by atoms with E-state index in [4.69, 9.17) is 0 Å². The molecule has 1 heterocycles. The number of hydrogen-bond donors (Lipinski definition) is 2. The molecule has 0 aromatic rings. The van der Waals surface area contributed by atoms with Gasteiger partial charge in [-0.3, -0.25) is 0 Å². The molecule has 1 rings (SSSR count). The second kappa shape index (κ2) is 8.06. The number of piperidine rings is 1. The van der Waals surface area contributed by atoms with Gasteiger partial charge in [0, 0.05) is 12.6 Å². The lowest BCUT2D eigenvalue weighted by Crippen LogP contribution is -2.44. The number of nitrogens with one attached hydrogen (secondary N) is 1. The quantitative estimate of drug-likeness (QED) is 0.669. The van der Waals surface area contributed by atoms with Crippen LogP contribution in [0.25, 0.3) is 0 Å². The summed E-state index contributed by atoms with van der Waals surface area (Å²) >= 11 is 0. The van der Waals surface area contributed by atoms with E-state index in [1.54, 1.807) is 0 Å². The number of aliphatic hydroxyl groups is 1. The van der Waals surface area contributed by atoms with Gasteiger partial charge in [0.2, 0.25) is 0 Å². The molecule has 0 saturated carbocycles. The first-order valence-corrected chi connectivity index (χ1v) is 7.27. The van der Waals surface area contributed by atoms with Gasteiger partial charge in [0.05, 0.1) is 6.10 Å². The summed E-state index contributed by atoms with van der Waals surface area (Å²) in [4.78, 5) is 2.56. The fraction of sp³-hybridized carbons (Fsp3) is 1.00. The molecule has 3 heteroatoms. The topological polar surface area (TPSA) is 35.5 Å². The van der Waals surface area contributed by atoms with Gasteiger partial charge >= 0.3 is 0 Å². The number of rotatable bonds is 7. The Morgan fingerprint density at radius 2 is 2.18 bits per heavy atom. The first-order chi connectivity index (χ1) is 8.13. The van der Waals surface area contributed by atoms with Crippen LogP contribution in [-0.2, 0) is 0 Å². The molecule has 0 radical (unpaired) electrons. The average Bonchev–Trinajstić information content (AvgIpc) is 2.34. The maximum Gasteiger partial charge on any atom is 0.0512 e. The van der Waals surface area contributed by atoms with Gasteiger partial charge < -0.3 is 15.3 Å². The summed E-state index contributed by atoms with van der Waals surface area (Å²) in [6, 6.07) is 0.610. The molecule has 1 aliphatic rings. The van der Waals surface area contributed by atoms with E-state index in [1.165, 1.54) is 32.5 Å². The average molecular weight is 242 g/mol. The molecule has 0 aromatic carbocycles. The first kappa shape index (κ1) is 14.9. The van der Waals surface area contributed by atoms with Crippen molar-refractivity contribution >= 4 is 0 Å². The van der Waals surface area contributed by atoms with E-state index in [9.17, 15) is 5.11 Å². The molecule has 1 saturated heterocycles. The Morgan fingerprint density at radius 3 is 2.82 bits per heavy atom. The Hall–Kier alpha value is -0.120. The van der Waals surface area contributed by atoms with Crippen LogP contribution in [0.4, 0.5) is 0 Å². The molecular formula is C14H30N2O. The minimum atomic E-state index is -0.155. The van der Waals surface area contributed by atoms with Crippen LogP contribution in [0.3, 0.4) is 0 Å². The first-order valence-electron chi connectivity index (χ1n) is 7.27. The largest absolute Gasteiger partial charge is 0.393 e. The summed E-state index contributed by atoms with van der Waals surface area (Å²) in [7, 11) is 0. The van der Waals surface area contributed by atoms with E-state index >= 15 is 0 Å². The second-order valence-corrected chi connectivity index (χ2v) is 5.53. The van der Waals surface area contributed by atoms with Gasteiger partial charge in [-0.1, -0.05) is 6.92 Å². The molecule has 2 N–H and O–H groups in total. The summed E-state index contributed by atoms with van der Waals surface area (Å²) < 4.78 is 0. The molecular weight excluding hydrogens is 212 g/mol. The molecule has 0 amide bonds. The van der Waals surface area contributed by atoms with Crippen LogP contribution in [-0.4, -0.2) is 48.3 Å². The van der Waals surface area contributed by atoms with Gasteiger partial charge in [-0.2, -0.15) is 0 Å². The van der Waals surface area contributed by atoms with Crippen molar-refractivity contribution < 1.29 is 5.11 Å². The maximum atomic E-state index is 9.20. The molecule has 0 spiro atoms. The highest BCUT2D eigenvalue weighted by atomic mass is 16.3. The SMILES string of the molecule is CCN1CCCC(C(C)NCCCC(C)O)C1. The molecule has 102 valence electrons. The minimum Gasteiger partial charge on any atom is -0.393 e.